The van der Waals surface area contributed by atoms with Crippen molar-refractivity contribution in [3.8, 4) is 0 Å². The van der Waals surface area contributed by atoms with Crippen LogP contribution in [0.3, 0.4) is 0 Å². The molecule has 1 heterocycles. The van der Waals surface area contributed by atoms with Crippen molar-refractivity contribution >= 4 is 15.9 Å². The van der Waals surface area contributed by atoms with Gasteiger partial charge >= 0.3 is 0 Å². The van der Waals surface area contributed by atoms with Gasteiger partial charge in [0.1, 0.15) is 0 Å². The lowest BCUT2D eigenvalue weighted by molar-refractivity contribution is 0.710. The third-order valence-electron chi connectivity index (χ3n) is 3.18. The highest BCUT2D eigenvalue weighted by Gasteiger charge is 2.04. The Hall–Kier alpha value is -1.06. The van der Waals surface area contributed by atoms with Crippen molar-refractivity contribution in [2.45, 2.75) is 26.9 Å². The average molecular weight is 307 g/mol. The van der Waals surface area contributed by atoms with Crippen LogP contribution in [-0.4, -0.2) is 11.1 Å². The molecule has 0 spiro atoms. The van der Waals surface area contributed by atoms with E-state index < -0.39 is 0 Å². The van der Waals surface area contributed by atoms with Crippen molar-refractivity contribution in [2.24, 2.45) is 0 Å². The predicted octanol–water partition coefficient (Wildman–Crippen LogP) is 3.72. The minimum absolute atomic E-state index is 0.936. The number of hydrogen-bond donors (Lipinski definition) is 1. The minimum Gasteiger partial charge on any atom is -0.347 e. The Morgan fingerprint density at radius 1 is 1.17 bits per heavy atom. The molecule has 3 heteroatoms. The first kappa shape index (κ1) is 13.4. The van der Waals surface area contributed by atoms with Crippen molar-refractivity contribution < 1.29 is 0 Å². The Morgan fingerprint density at radius 3 is 2.56 bits per heavy atom. The molecule has 0 unspecified atom stereocenters. The van der Waals surface area contributed by atoms with Crippen molar-refractivity contribution in [3.05, 3.63) is 57.8 Å². The molecule has 1 aromatic carbocycles. The van der Waals surface area contributed by atoms with E-state index in [2.05, 4.69) is 76.2 Å². The second kappa shape index (κ2) is 6.21. The van der Waals surface area contributed by atoms with Gasteiger partial charge < -0.3 is 9.88 Å². The van der Waals surface area contributed by atoms with E-state index in [-0.39, 0.29) is 0 Å². The summed E-state index contributed by atoms with van der Waals surface area (Å²) in [6, 6.07) is 10.7. The zero-order chi connectivity index (χ0) is 13.0. The van der Waals surface area contributed by atoms with Gasteiger partial charge in [-0.1, -0.05) is 35.0 Å². The lowest BCUT2D eigenvalue weighted by Crippen LogP contribution is -2.12. The largest absolute Gasteiger partial charge is 0.347 e. The molecule has 0 saturated heterocycles. The van der Waals surface area contributed by atoms with Gasteiger partial charge in [0.15, 0.2) is 0 Å². The van der Waals surface area contributed by atoms with Crippen LogP contribution in [0, 0.1) is 6.92 Å². The fraction of sp³-hybridized carbons (Fsp3) is 0.333. The fourth-order valence-corrected chi connectivity index (χ4v) is 2.27. The molecule has 0 radical (unpaired) electrons. The van der Waals surface area contributed by atoms with Crippen molar-refractivity contribution in [3.63, 3.8) is 0 Å². The molecule has 1 N–H and O–H groups in total. The molecule has 0 atom stereocenters. The fourth-order valence-electron chi connectivity index (χ4n) is 2.00. The lowest BCUT2D eigenvalue weighted by Gasteiger charge is -2.08. The molecule has 0 amide bonds. The highest BCUT2D eigenvalue weighted by molar-refractivity contribution is 9.10. The molecule has 0 fully saturated rings. The van der Waals surface area contributed by atoms with E-state index in [9.17, 15) is 0 Å². The normalized spacial score (nSPS) is 10.8. The third-order valence-corrected chi connectivity index (χ3v) is 3.71. The van der Waals surface area contributed by atoms with Crippen LogP contribution in [0.5, 0.6) is 0 Å². The Bertz CT molecular complexity index is 500. The second-order valence-electron chi connectivity index (χ2n) is 4.46. The average Bonchev–Trinajstić information content (AvgIpc) is 2.71. The van der Waals surface area contributed by atoms with E-state index in [4.69, 9.17) is 0 Å². The van der Waals surface area contributed by atoms with Crippen LogP contribution in [0.25, 0.3) is 0 Å². The summed E-state index contributed by atoms with van der Waals surface area (Å²) in [7, 11) is 0. The Balaban J connectivity index is 2.09. The van der Waals surface area contributed by atoms with Crippen LogP contribution in [0.2, 0.25) is 0 Å². The predicted molar refractivity (Wildman–Crippen MR) is 79.8 cm³/mol. The van der Waals surface area contributed by atoms with Crippen LogP contribution < -0.4 is 5.32 Å². The number of nitrogens with one attached hydrogen (secondary N) is 1. The van der Waals surface area contributed by atoms with Crippen molar-refractivity contribution in [2.75, 3.05) is 6.54 Å². The molecule has 0 aliphatic carbocycles. The monoisotopic (exact) mass is 306 g/mol. The molecule has 2 aromatic rings. The van der Waals surface area contributed by atoms with Gasteiger partial charge in [-0.3, -0.25) is 0 Å². The SMILES string of the molecule is CCNCc1ccn(Cc2ccc(Br)cc2)c1C. The third kappa shape index (κ3) is 3.24. The molecule has 96 valence electrons. The highest BCUT2D eigenvalue weighted by Crippen LogP contribution is 2.15. The summed E-state index contributed by atoms with van der Waals surface area (Å²) in [5, 5.41) is 3.37. The van der Waals surface area contributed by atoms with Gasteiger partial charge in [-0.05, 0) is 42.8 Å². The Labute approximate surface area is 117 Å². The number of hydrogen-bond acceptors (Lipinski definition) is 1. The van der Waals surface area contributed by atoms with Crippen LogP contribution in [0.15, 0.2) is 41.0 Å². The molecule has 0 aliphatic rings. The van der Waals surface area contributed by atoms with E-state index in [1.54, 1.807) is 0 Å². The quantitative estimate of drug-likeness (QED) is 0.891. The zero-order valence-corrected chi connectivity index (χ0v) is 12.5. The van der Waals surface area contributed by atoms with Gasteiger partial charge in [0.05, 0.1) is 0 Å². The zero-order valence-electron chi connectivity index (χ0n) is 10.9. The highest BCUT2D eigenvalue weighted by atomic mass is 79.9. The molecule has 18 heavy (non-hydrogen) atoms. The van der Waals surface area contributed by atoms with Gasteiger partial charge in [0, 0.05) is 29.5 Å². The standard InChI is InChI=1S/C15H19BrN2/c1-3-17-10-14-8-9-18(12(14)2)11-13-4-6-15(16)7-5-13/h4-9,17H,3,10-11H2,1-2H3. The van der Waals surface area contributed by atoms with Crippen molar-refractivity contribution in [1.82, 2.24) is 9.88 Å². The molecular formula is C15H19BrN2. The second-order valence-corrected chi connectivity index (χ2v) is 5.38. The summed E-state index contributed by atoms with van der Waals surface area (Å²) in [5.74, 6) is 0. The lowest BCUT2D eigenvalue weighted by atomic mass is 10.2. The summed E-state index contributed by atoms with van der Waals surface area (Å²) in [6.07, 6.45) is 2.17. The number of nitrogens with zero attached hydrogens (tertiary/aromatic N) is 1. The first-order valence-electron chi connectivity index (χ1n) is 6.30. The summed E-state index contributed by atoms with van der Waals surface area (Å²) >= 11 is 3.46. The minimum atomic E-state index is 0.936. The van der Waals surface area contributed by atoms with Gasteiger partial charge in [0.25, 0.3) is 0 Å². The van der Waals surface area contributed by atoms with Crippen LogP contribution in [0.4, 0.5) is 0 Å². The van der Waals surface area contributed by atoms with Gasteiger partial charge in [-0.2, -0.15) is 0 Å². The van der Waals surface area contributed by atoms with E-state index in [1.807, 2.05) is 0 Å². The number of aromatic nitrogens is 1. The van der Waals surface area contributed by atoms with Gasteiger partial charge in [0.2, 0.25) is 0 Å². The van der Waals surface area contributed by atoms with Crippen LogP contribution in [0.1, 0.15) is 23.7 Å². The van der Waals surface area contributed by atoms with Crippen molar-refractivity contribution in [1.29, 1.82) is 0 Å². The van der Waals surface area contributed by atoms with Crippen LogP contribution in [-0.2, 0) is 13.1 Å². The maximum Gasteiger partial charge on any atom is 0.0472 e. The maximum absolute atomic E-state index is 3.46. The van der Waals surface area contributed by atoms with Gasteiger partial charge in [-0.25, -0.2) is 0 Å². The Morgan fingerprint density at radius 2 is 1.89 bits per heavy atom. The molecular weight excluding hydrogens is 288 g/mol. The molecule has 0 aliphatic heterocycles. The summed E-state index contributed by atoms with van der Waals surface area (Å²) in [5.41, 5.74) is 4.06. The number of halogens is 1. The van der Waals surface area contributed by atoms with E-state index in [1.165, 1.54) is 16.8 Å². The molecule has 0 saturated carbocycles. The van der Waals surface area contributed by atoms with Crippen LogP contribution >= 0.6 is 15.9 Å². The molecule has 0 bridgehead atoms. The van der Waals surface area contributed by atoms with Gasteiger partial charge in [-0.15, -0.1) is 0 Å². The summed E-state index contributed by atoms with van der Waals surface area (Å²) in [6.45, 7) is 7.22. The van der Waals surface area contributed by atoms with E-state index in [0.29, 0.717) is 0 Å². The Kier molecular flexibility index (Phi) is 4.61. The number of benzene rings is 1. The van der Waals surface area contributed by atoms with E-state index in [0.717, 1.165) is 24.1 Å². The topological polar surface area (TPSA) is 17.0 Å². The first-order chi connectivity index (χ1) is 8.70. The first-order valence-corrected chi connectivity index (χ1v) is 7.09. The summed E-state index contributed by atoms with van der Waals surface area (Å²) in [4.78, 5) is 0. The smallest absolute Gasteiger partial charge is 0.0472 e. The summed E-state index contributed by atoms with van der Waals surface area (Å²) < 4.78 is 3.43. The molecule has 2 nitrogen and oxygen atoms in total. The maximum atomic E-state index is 3.46. The molecule has 2 rings (SSSR count). The van der Waals surface area contributed by atoms with E-state index >= 15 is 0 Å². The molecule has 1 aromatic heterocycles. The number of rotatable bonds is 5.